The highest BCUT2D eigenvalue weighted by molar-refractivity contribution is 5.39. The number of hydrogen-bond donors (Lipinski definition) is 0. The fourth-order valence-electron chi connectivity index (χ4n) is 0.851. The minimum absolute atomic E-state index is 0.247. The highest BCUT2D eigenvalue weighted by atomic mass is 14.0. The summed E-state index contributed by atoms with van der Waals surface area (Å²) in [5.41, 5.74) is 0.937. The summed E-state index contributed by atoms with van der Waals surface area (Å²) in [7, 11) is 0. The fraction of sp³-hybridized carbons (Fsp3) is 0.200. The van der Waals surface area contributed by atoms with E-state index in [1.165, 1.54) is 0 Å². The molecule has 0 nitrogen and oxygen atoms in total. The number of terminal acetylenes is 2. The van der Waals surface area contributed by atoms with E-state index in [2.05, 4.69) is 11.8 Å². The van der Waals surface area contributed by atoms with Crippen molar-refractivity contribution >= 4 is 0 Å². The summed E-state index contributed by atoms with van der Waals surface area (Å²) in [6.07, 6.45) is 17.1. The maximum absolute atomic E-state index is 5.21. The van der Waals surface area contributed by atoms with Gasteiger partial charge in [0.2, 0.25) is 0 Å². The molecule has 10 heavy (non-hydrogen) atoms. The summed E-state index contributed by atoms with van der Waals surface area (Å²) >= 11 is 0. The van der Waals surface area contributed by atoms with E-state index < -0.39 is 0 Å². The molecule has 1 rings (SSSR count). The molecule has 1 unspecified atom stereocenters. The molecule has 1 aliphatic rings. The Hall–Kier alpha value is -1.40. The van der Waals surface area contributed by atoms with Crippen molar-refractivity contribution in [2.45, 2.75) is 6.42 Å². The molecule has 0 heterocycles. The van der Waals surface area contributed by atoms with Crippen LogP contribution in [0.4, 0.5) is 0 Å². The molecule has 0 amide bonds. The molecule has 48 valence electrons. The molecule has 0 N–H and O–H groups in total. The lowest BCUT2D eigenvalue weighted by molar-refractivity contribution is 0.849. The van der Waals surface area contributed by atoms with Gasteiger partial charge < -0.3 is 0 Å². The standard InChI is InChI=1S/C10H8/c1-3-9-5-7-10(4-2)8-6-9/h1-2,5-7,10H,8H2. The first kappa shape index (κ1) is 6.72. The van der Waals surface area contributed by atoms with Gasteiger partial charge in [-0.15, -0.1) is 12.8 Å². The van der Waals surface area contributed by atoms with E-state index in [0.717, 1.165) is 12.0 Å². The summed E-state index contributed by atoms with van der Waals surface area (Å²) in [6.45, 7) is 0. The lowest BCUT2D eigenvalue weighted by Gasteiger charge is -2.05. The van der Waals surface area contributed by atoms with Crippen LogP contribution in [0.5, 0.6) is 0 Å². The number of rotatable bonds is 0. The quantitative estimate of drug-likeness (QED) is 0.436. The van der Waals surface area contributed by atoms with E-state index in [1.54, 1.807) is 0 Å². The second-order valence-electron chi connectivity index (χ2n) is 2.17. The second-order valence-corrected chi connectivity index (χ2v) is 2.17. The van der Waals surface area contributed by atoms with Gasteiger partial charge in [0.05, 0.1) is 0 Å². The van der Waals surface area contributed by atoms with Crippen LogP contribution in [-0.4, -0.2) is 0 Å². The summed E-state index contributed by atoms with van der Waals surface area (Å²) in [4.78, 5) is 0. The van der Waals surface area contributed by atoms with Gasteiger partial charge in [0.15, 0.2) is 0 Å². The van der Waals surface area contributed by atoms with E-state index in [-0.39, 0.29) is 5.92 Å². The molecule has 0 heteroatoms. The van der Waals surface area contributed by atoms with Crippen molar-refractivity contribution in [2.24, 2.45) is 5.92 Å². The van der Waals surface area contributed by atoms with Crippen LogP contribution in [0.1, 0.15) is 6.42 Å². The van der Waals surface area contributed by atoms with Gasteiger partial charge >= 0.3 is 0 Å². The Morgan fingerprint density at radius 3 is 2.70 bits per heavy atom. The number of allylic oxidation sites excluding steroid dienone is 4. The first-order valence-corrected chi connectivity index (χ1v) is 3.18. The number of hydrogen-bond acceptors (Lipinski definition) is 0. The summed E-state index contributed by atoms with van der Waals surface area (Å²) in [5, 5.41) is 0. The van der Waals surface area contributed by atoms with Crippen molar-refractivity contribution in [3.05, 3.63) is 23.8 Å². The molecule has 0 aromatic carbocycles. The Balaban J connectivity index is 2.68. The summed E-state index contributed by atoms with van der Waals surface area (Å²) < 4.78 is 0. The zero-order valence-electron chi connectivity index (χ0n) is 5.67. The van der Waals surface area contributed by atoms with E-state index in [4.69, 9.17) is 12.8 Å². The predicted molar refractivity (Wildman–Crippen MR) is 43.0 cm³/mol. The molecule has 0 spiro atoms. The van der Waals surface area contributed by atoms with Crippen LogP contribution in [-0.2, 0) is 0 Å². The normalized spacial score (nSPS) is 22.6. The van der Waals surface area contributed by atoms with Gasteiger partial charge in [-0.05, 0) is 12.5 Å². The molecule has 0 saturated heterocycles. The zero-order valence-corrected chi connectivity index (χ0v) is 5.67. The lowest BCUT2D eigenvalue weighted by atomic mass is 9.98. The van der Waals surface area contributed by atoms with Crippen LogP contribution in [0, 0.1) is 30.6 Å². The van der Waals surface area contributed by atoms with Crippen molar-refractivity contribution in [1.29, 1.82) is 0 Å². The smallest absolute Gasteiger partial charge is 0.0418 e. The molecule has 0 aromatic rings. The molecule has 1 atom stereocenters. The van der Waals surface area contributed by atoms with E-state index in [9.17, 15) is 0 Å². The van der Waals surface area contributed by atoms with Crippen molar-refractivity contribution in [3.63, 3.8) is 0 Å². The summed E-state index contributed by atoms with van der Waals surface area (Å²) in [6, 6.07) is 0. The molecule has 1 aliphatic carbocycles. The second kappa shape index (κ2) is 2.95. The molecule has 0 fully saturated rings. The van der Waals surface area contributed by atoms with Crippen LogP contribution in [0.15, 0.2) is 23.8 Å². The Morgan fingerprint density at radius 2 is 2.30 bits per heavy atom. The van der Waals surface area contributed by atoms with Gasteiger partial charge in [-0.3, -0.25) is 0 Å². The molecule has 0 aliphatic heterocycles. The predicted octanol–water partition coefficient (Wildman–Crippen LogP) is 1.76. The van der Waals surface area contributed by atoms with Crippen molar-refractivity contribution in [1.82, 2.24) is 0 Å². The Morgan fingerprint density at radius 1 is 1.50 bits per heavy atom. The third-order valence-electron chi connectivity index (χ3n) is 1.48. The van der Waals surface area contributed by atoms with Crippen molar-refractivity contribution in [3.8, 4) is 24.7 Å². The maximum atomic E-state index is 5.21. The highest BCUT2D eigenvalue weighted by Gasteiger charge is 2.02. The molecule has 0 bridgehead atoms. The first-order chi connectivity index (χ1) is 4.86. The van der Waals surface area contributed by atoms with Gasteiger partial charge in [0.1, 0.15) is 0 Å². The van der Waals surface area contributed by atoms with Gasteiger partial charge in [0.25, 0.3) is 0 Å². The van der Waals surface area contributed by atoms with Gasteiger partial charge in [-0.25, -0.2) is 0 Å². The zero-order chi connectivity index (χ0) is 7.40. The average Bonchev–Trinajstić information content (AvgIpc) is 2.05. The fourth-order valence-corrected chi connectivity index (χ4v) is 0.851. The molecule has 0 radical (unpaired) electrons. The minimum atomic E-state index is 0.247. The Kier molecular flexibility index (Phi) is 1.98. The van der Waals surface area contributed by atoms with Crippen molar-refractivity contribution < 1.29 is 0 Å². The topological polar surface area (TPSA) is 0 Å². The molecule has 0 aromatic heterocycles. The van der Waals surface area contributed by atoms with Crippen LogP contribution >= 0.6 is 0 Å². The SMILES string of the molecule is C#CC1=CCC(C#C)C=C1. The first-order valence-electron chi connectivity index (χ1n) is 3.18. The van der Waals surface area contributed by atoms with Gasteiger partial charge in [-0.1, -0.05) is 24.0 Å². The largest absolute Gasteiger partial charge is 0.119 e. The Bertz CT molecular complexity index is 253. The van der Waals surface area contributed by atoms with Gasteiger partial charge in [-0.2, -0.15) is 0 Å². The molecule has 0 saturated carbocycles. The van der Waals surface area contributed by atoms with E-state index >= 15 is 0 Å². The maximum Gasteiger partial charge on any atom is 0.0418 e. The highest BCUT2D eigenvalue weighted by Crippen LogP contribution is 2.14. The van der Waals surface area contributed by atoms with Gasteiger partial charge in [0, 0.05) is 11.5 Å². The van der Waals surface area contributed by atoms with E-state index in [1.807, 2.05) is 18.2 Å². The third-order valence-corrected chi connectivity index (χ3v) is 1.48. The Labute approximate surface area is 61.6 Å². The van der Waals surface area contributed by atoms with Crippen LogP contribution < -0.4 is 0 Å². The van der Waals surface area contributed by atoms with E-state index in [0.29, 0.717) is 0 Å². The average molecular weight is 128 g/mol. The molecular weight excluding hydrogens is 120 g/mol. The monoisotopic (exact) mass is 128 g/mol. The third kappa shape index (κ3) is 1.30. The summed E-state index contributed by atoms with van der Waals surface area (Å²) in [5.74, 6) is 5.45. The lowest BCUT2D eigenvalue weighted by Crippen LogP contribution is -1.94. The van der Waals surface area contributed by atoms with Crippen molar-refractivity contribution in [2.75, 3.05) is 0 Å². The van der Waals surface area contributed by atoms with Crippen LogP contribution in [0.3, 0.4) is 0 Å². The van der Waals surface area contributed by atoms with Crippen LogP contribution in [0.2, 0.25) is 0 Å². The van der Waals surface area contributed by atoms with Crippen LogP contribution in [0.25, 0.3) is 0 Å². The molecular formula is C10H8. The minimum Gasteiger partial charge on any atom is -0.119 e.